The molecule has 0 atom stereocenters. The van der Waals surface area contributed by atoms with Crippen molar-refractivity contribution in [2.75, 3.05) is 11.1 Å². The summed E-state index contributed by atoms with van der Waals surface area (Å²) < 4.78 is 1.14. The molecule has 0 heterocycles. The fourth-order valence-corrected chi connectivity index (χ4v) is 2.86. The van der Waals surface area contributed by atoms with Crippen molar-refractivity contribution >= 4 is 45.9 Å². The highest BCUT2D eigenvalue weighted by Gasteiger charge is 2.03. The van der Waals surface area contributed by atoms with Crippen molar-refractivity contribution < 1.29 is 4.79 Å². The molecule has 1 amide bonds. The van der Waals surface area contributed by atoms with E-state index in [0.29, 0.717) is 11.3 Å². The standard InChI is InChI=1S/C16H13IN2OS/c17-14-4-6-15(7-5-14)19-16(20)11-21-10-13-3-1-2-12(8-13)9-18/h1-8H,10-11H2,(H,19,20). The predicted octanol–water partition coefficient (Wildman–Crippen LogP) is 4.03. The number of carbonyl (C=O) groups is 1. The largest absolute Gasteiger partial charge is 0.325 e. The average molecular weight is 408 g/mol. The molecule has 0 bridgehead atoms. The van der Waals surface area contributed by atoms with E-state index in [0.717, 1.165) is 20.6 Å². The summed E-state index contributed by atoms with van der Waals surface area (Å²) in [5, 5.41) is 11.7. The zero-order valence-electron chi connectivity index (χ0n) is 11.2. The molecule has 0 aliphatic carbocycles. The van der Waals surface area contributed by atoms with Crippen LogP contribution >= 0.6 is 34.4 Å². The SMILES string of the molecule is N#Cc1cccc(CSCC(=O)Nc2ccc(I)cc2)c1. The van der Waals surface area contributed by atoms with Gasteiger partial charge in [0.1, 0.15) is 0 Å². The number of nitriles is 1. The molecule has 2 rings (SSSR count). The Labute approximate surface area is 141 Å². The Morgan fingerprint density at radius 1 is 1.24 bits per heavy atom. The Kier molecular flexibility index (Phi) is 6.08. The summed E-state index contributed by atoms with van der Waals surface area (Å²) in [6.07, 6.45) is 0. The van der Waals surface area contributed by atoms with Crippen molar-refractivity contribution in [3.05, 3.63) is 63.2 Å². The highest BCUT2D eigenvalue weighted by molar-refractivity contribution is 14.1. The van der Waals surface area contributed by atoms with E-state index in [1.54, 1.807) is 6.07 Å². The molecule has 0 saturated heterocycles. The van der Waals surface area contributed by atoms with Crippen LogP contribution in [0.2, 0.25) is 0 Å². The minimum atomic E-state index is -0.0161. The van der Waals surface area contributed by atoms with Crippen molar-refractivity contribution in [1.82, 2.24) is 0 Å². The summed E-state index contributed by atoms with van der Waals surface area (Å²) in [6, 6.07) is 17.3. The molecule has 5 heteroatoms. The van der Waals surface area contributed by atoms with E-state index in [4.69, 9.17) is 5.26 Å². The van der Waals surface area contributed by atoms with Gasteiger partial charge >= 0.3 is 0 Å². The predicted molar refractivity (Wildman–Crippen MR) is 95.1 cm³/mol. The first-order valence-corrected chi connectivity index (χ1v) is 8.53. The van der Waals surface area contributed by atoms with Crippen molar-refractivity contribution in [3.63, 3.8) is 0 Å². The van der Waals surface area contributed by atoms with Crippen LogP contribution in [0.3, 0.4) is 0 Å². The number of nitrogens with zero attached hydrogens (tertiary/aromatic N) is 1. The van der Waals surface area contributed by atoms with Gasteiger partial charge < -0.3 is 5.32 Å². The van der Waals surface area contributed by atoms with Gasteiger partial charge in [-0.3, -0.25) is 4.79 Å². The molecule has 106 valence electrons. The van der Waals surface area contributed by atoms with Crippen LogP contribution in [0.5, 0.6) is 0 Å². The zero-order chi connectivity index (χ0) is 15.1. The molecule has 2 aromatic carbocycles. The van der Waals surface area contributed by atoms with Crippen LogP contribution < -0.4 is 5.32 Å². The average Bonchev–Trinajstić information content (AvgIpc) is 2.50. The minimum Gasteiger partial charge on any atom is -0.325 e. The maximum absolute atomic E-state index is 11.8. The summed E-state index contributed by atoms with van der Waals surface area (Å²) in [7, 11) is 0. The first kappa shape index (κ1) is 15.9. The number of hydrogen-bond acceptors (Lipinski definition) is 3. The van der Waals surface area contributed by atoms with E-state index in [1.165, 1.54) is 11.8 Å². The van der Waals surface area contributed by atoms with Crippen LogP contribution in [0.25, 0.3) is 0 Å². The number of thioether (sulfide) groups is 1. The second-order valence-electron chi connectivity index (χ2n) is 4.36. The topological polar surface area (TPSA) is 52.9 Å². The molecule has 21 heavy (non-hydrogen) atoms. The third-order valence-electron chi connectivity index (χ3n) is 2.69. The fourth-order valence-electron chi connectivity index (χ4n) is 1.72. The van der Waals surface area contributed by atoms with Crippen molar-refractivity contribution in [2.24, 2.45) is 0 Å². The van der Waals surface area contributed by atoms with Crippen LogP contribution in [-0.4, -0.2) is 11.7 Å². The Hall–Kier alpha value is -1.52. The van der Waals surface area contributed by atoms with E-state index >= 15 is 0 Å². The second-order valence-corrected chi connectivity index (χ2v) is 6.59. The van der Waals surface area contributed by atoms with E-state index in [1.807, 2.05) is 42.5 Å². The molecule has 3 nitrogen and oxygen atoms in total. The lowest BCUT2D eigenvalue weighted by molar-refractivity contribution is -0.113. The molecule has 0 aliphatic heterocycles. The van der Waals surface area contributed by atoms with Gasteiger partial charge in [-0.2, -0.15) is 5.26 Å². The second kappa shape index (κ2) is 8.05. The molecule has 0 spiro atoms. The Morgan fingerprint density at radius 2 is 2.00 bits per heavy atom. The van der Waals surface area contributed by atoms with Gasteiger partial charge in [0.05, 0.1) is 17.4 Å². The highest BCUT2D eigenvalue weighted by Crippen LogP contribution is 2.15. The van der Waals surface area contributed by atoms with Crippen LogP contribution in [0.15, 0.2) is 48.5 Å². The van der Waals surface area contributed by atoms with Gasteiger partial charge in [-0.05, 0) is 64.6 Å². The Balaban J connectivity index is 1.79. The molecule has 0 aromatic heterocycles. The summed E-state index contributed by atoms with van der Waals surface area (Å²) in [4.78, 5) is 11.8. The first-order chi connectivity index (χ1) is 10.2. The number of anilines is 1. The lowest BCUT2D eigenvalue weighted by Crippen LogP contribution is -2.14. The molecular formula is C16H13IN2OS. The van der Waals surface area contributed by atoms with Gasteiger partial charge in [0.2, 0.25) is 5.91 Å². The third kappa shape index (κ3) is 5.40. The van der Waals surface area contributed by atoms with Crippen LogP contribution in [0.1, 0.15) is 11.1 Å². The van der Waals surface area contributed by atoms with Gasteiger partial charge in [-0.15, -0.1) is 11.8 Å². The smallest absolute Gasteiger partial charge is 0.234 e. The summed E-state index contributed by atoms with van der Waals surface area (Å²) in [5.41, 5.74) is 2.52. The fraction of sp³-hybridized carbons (Fsp3) is 0.125. The molecule has 1 N–H and O–H groups in total. The van der Waals surface area contributed by atoms with Crippen LogP contribution in [0, 0.1) is 14.9 Å². The van der Waals surface area contributed by atoms with Crippen LogP contribution in [-0.2, 0) is 10.5 Å². The summed E-state index contributed by atoms with van der Waals surface area (Å²) in [5.74, 6) is 1.09. The first-order valence-electron chi connectivity index (χ1n) is 6.29. The maximum Gasteiger partial charge on any atom is 0.234 e. The van der Waals surface area contributed by atoms with Crippen molar-refractivity contribution in [3.8, 4) is 6.07 Å². The van der Waals surface area contributed by atoms with E-state index in [2.05, 4.69) is 34.0 Å². The molecule has 0 fully saturated rings. The third-order valence-corrected chi connectivity index (χ3v) is 4.41. The van der Waals surface area contributed by atoms with E-state index in [9.17, 15) is 4.79 Å². The Morgan fingerprint density at radius 3 is 2.71 bits per heavy atom. The number of nitrogens with one attached hydrogen (secondary N) is 1. The van der Waals surface area contributed by atoms with Gasteiger partial charge in [0, 0.05) is 15.0 Å². The van der Waals surface area contributed by atoms with E-state index < -0.39 is 0 Å². The van der Waals surface area contributed by atoms with Gasteiger partial charge in [-0.25, -0.2) is 0 Å². The lowest BCUT2D eigenvalue weighted by atomic mass is 10.2. The van der Waals surface area contributed by atoms with Crippen LogP contribution in [0.4, 0.5) is 5.69 Å². The number of benzene rings is 2. The molecule has 0 radical (unpaired) electrons. The zero-order valence-corrected chi connectivity index (χ0v) is 14.1. The van der Waals surface area contributed by atoms with Crippen molar-refractivity contribution in [2.45, 2.75) is 5.75 Å². The van der Waals surface area contributed by atoms with Gasteiger partial charge in [0.25, 0.3) is 0 Å². The number of rotatable bonds is 5. The molecule has 0 aliphatic rings. The van der Waals surface area contributed by atoms with E-state index in [-0.39, 0.29) is 5.91 Å². The molecular weight excluding hydrogens is 395 g/mol. The molecule has 0 saturated carbocycles. The van der Waals surface area contributed by atoms with Crippen molar-refractivity contribution in [1.29, 1.82) is 5.26 Å². The number of hydrogen-bond donors (Lipinski definition) is 1. The summed E-state index contributed by atoms with van der Waals surface area (Å²) in [6.45, 7) is 0. The lowest BCUT2D eigenvalue weighted by Gasteiger charge is -2.05. The Bertz CT molecular complexity index is 665. The monoisotopic (exact) mass is 408 g/mol. The highest BCUT2D eigenvalue weighted by atomic mass is 127. The normalized spacial score (nSPS) is 9.90. The molecule has 0 unspecified atom stereocenters. The maximum atomic E-state index is 11.8. The number of halogens is 1. The quantitative estimate of drug-likeness (QED) is 0.761. The minimum absolute atomic E-state index is 0.0161. The summed E-state index contributed by atoms with van der Waals surface area (Å²) >= 11 is 3.76. The van der Waals surface area contributed by atoms with Gasteiger partial charge in [0.15, 0.2) is 0 Å². The van der Waals surface area contributed by atoms with Gasteiger partial charge in [-0.1, -0.05) is 12.1 Å². The molecule has 2 aromatic rings. The number of amides is 1. The number of carbonyl (C=O) groups excluding carboxylic acids is 1.